The topological polar surface area (TPSA) is 70.6 Å². The van der Waals surface area contributed by atoms with E-state index in [0.29, 0.717) is 0 Å². The number of nitrogens with zero attached hydrogens (tertiary/aromatic N) is 1. The third-order valence-electron chi connectivity index (χ3n) is 3.55. The Morgan fingerprint density at radius 1 is 0.840 bits per heavy atom. The molecule has 2 rings (SSSR count). The molecule has 25 heavy (non-hydrogen) atoms. The molecule has 0 radical (unpaired) electrons. The second kappa shape index (κ2) is 10.0. The van der Waals surface area contributed by atoms with Crippen LogP contribution < -0.4 is 10.7 Å². The minimum atomic E-state index is -0.271. The molecule has 0 spiro atoms. The van der Waals surface area contributed by atoms with Gasteiger partial charge < -0.3 is 5.32 Å². The molecular weight excluding hydrogens is 314 g/mol. The Morgan fingerprint density at radius 3 is 2.08 bits per heavy atom. The van der Waals surface area contributed by atoms with Crippen molar-refractivity contribution in [2.75, 3.05) is 5.32 Å². The molecule has 0 bridgehead atoms. The SMILES string of the molecule is CCC/C(=N\NC(=O)CCC(=O)Nc1ccccc1)c1ccccc1. The van der Waals surface area contributed by atoms with E-state index in [0.717, 1.165) is 29.8 Å². The first kappa shape index (κ1) is 18.4. The van der Waals surface area contributed by atoms with Gasteiger partial charge in [0, 0.05) is 18.5 Å². The molecule has 0 saturated heterocycles. The van der Waals surface area contributed by atoms with Gasteiger partial charge in [-0.05, 0) is 24.1 Å². The number of rotatable bonds is 8. The summed E-state index contributed by atoms with van der Waals surface area (Å²) in [4.78, 5) is 23.8. The largest absolute Gasteiger partial charge is 0.326 e. The van der Waals surface area contributed by atoms with Gasteiger partial charge >= 0.3 is 0 Å². The molecule has 0 aliphatic rings. The Balaban J connectivity index is 1.83. The summed E-state index contributed by atoms with van der Waals surface area (Å²) >= 11 is 0. The molecule has 2 aromatic rings. The van der Waals surface area contributed by atoms with Crippen LogP contribution in [0.5, 0.6) is 0 Å². The number of carbonyl (C=O) groups excluding carboxylic acids is 2. The van der Waals surface area contributed by atoms with Crippen molar-refractivity contribution in [3.05, 3.63) is 66.2 Å². The molecule has 2 N–H and O–H groups in total. The first-order valence-corrected chi connectivity index (χ1v) is 8.44. The molecule has 0 saturated carbocycles. The fourth-order valence-electron chi connectivity index (χ4n) is 2.29. The average Bonchev–Trinajstić information content (AvgIpc) is 2.65. The highest BCUT2D eigenvalue weighted by Gasteiger charge is 2.08. The fourth-order valence-corrected chi connectivity index (χ4v) is 2.29. The van der Waals surface area contributed by atoms with E-state index in [2.05, 4.69) is 22.8 Å². The minimum absolute atomic E-state index is 0.0936. The number of carbonyl (C=O) groups is 2. The van der Waals surface area contributed by atoms with Crippen LogP contribution in [0, 0.1) is 0 Å². The zero-order valence-corrected chi connectivity index (χ0v) is 14.4. The van der Waals surface area contributed by atoms with Crippen LogP contribution in [0.2, 0.25) is 0 Å². The molecule has 5 heteroatoms. The van der Waals surface area contributed by atoms with Crippen LogP contribution in [0.15, 0.2) is 65.8 Å². The predicted molar refractivity (Wildman–Crippen MR) is 100 cm³/mol. The van der Waals surface area contributed by atoms with Crippen molar-refractivity contribution in [1.82, 2.24) is 5.43 Å². The lowest BCUT2D eigenvalue weighted by Gasteiger charge is -2.07. The van der Waals surface area contributed by atoms with Crippen LogP contribution in [0.1, 0.15) is 38.2 Å². The first-order chi connectivity index (χ1) is 12.2. The molecule has 5 nitrogen and oxygen atoms in total. The van der Waals surface area contributed by atoms with Crippen molar-refractivity contribution in [2.24, 2.45) is 5.10 Å². The van der Waals surface area contributed by atoms with Gasteiger partial charge in [-0.25, -0.2) is 5.43 Å². The van der Waals surface area contributed by atoms with E-state index in [1.807, 2.05) is 48.5 Å². The van der Waals surface area contributed by atoms with Gasteiger partial charge in [-0.3, -0.25) is 9.59 Å². The number of benzene rings is 2. The van der Waals surface area contributed by atoms with Crippen molar-refractivity contribution < 1.29 is 9.59 Å². The highest BCUT2D eigenvalue weighted by Crippen LogP contribution is 2.07. The summed E-state index contributed by atoms with van der Waals surface area (Å²) in [5.74, 6) is -0.463. The number of amides is 2. The molecule has 130 valence electrons. The van der Waals surface area contributed by atoms with Gasteiger partial charge in [-0.1, -0.05) is 61.9 Å². The lowest BCUT2D eigenvalue weighted by Crippen LogP contribution is -2.22. The smallest absolute Gasteiger partial charge is 0.240 e. The van der Waals surface area contributed by atoms with E-state index in [1.165, 1.54) is 0 Å². The Labute approximate surface area is 148 Å². The Hall–Kier alpha value is -2.95. The van der Waals surface area contributed by atoms with Crippen molar-refractivity contribution in [3.8, 4) is 0 Å². The summed E-state index contributed by atoms with van der Waals surface area (Å²) in [5.41, 5.74) is 5.11. The zero-order chi connectivity index (χ0) is 17.9. The molecule has 2 aromatic carbocycles. The zero-order valence-electron chi connectivity index (χ0n) is 14.4. The molecule has 2 amide bonds. The second-order valence-electron chi connectivity index (χ2n) is 5.62. The maximum Gasteiger partial charge on any atom is 0.240 e. The number of anilines is 1. The van der Waals surface area contributed by atoms with Gasteiger partial charge in [0.15, 0.2) is 0 Å². The van der Waals surface area contributed by atoms with E-state index >= 15 is 0 Å². The lowest BCUT2D eigenvalue weighted by molar-refractivity contribution is -0.124. The average molecular weight is 337 g/mol. The molecule has 0 fully saturated rings. The van der Waals surface area contributed by atoms with Crippen LogP contribution in [0.3, 0.4) is 0 Å². The third kappa shape index (κ3) is 6.59. The quantitative estimate of drug-likeness (QED) is 0.569. The van der Waals surface area contributed by atoms with Gasteiger partial charge in [-0.2, -0.15) is 5.10 Å². The van der Waals surface area contributed by atoms with E-state index in [1.54, 1.807) is 12.1 Å². The first-order valence-electron chi connectivity index (χ1n) is 8.44. The van der Waals surface area contributed by atoms with Crippen molar-refractivity contribution >= 4 is 23.2 Å². The van der Waals surface area contributed by atoms with Crippen LogP contribution in [0.25, 0.3) is 0 Å². The summed E-state index contributed by atoms with van der Waals surface area (Å²) in [6, 6.07) is 18.9. The van der Waals surface area contributed by atoms with Gasteiger partial charge in [-0.15, -0.1) is 0 Å². The summed E-state index contributed by atoms with van der Waals surface area (Å²) in [5, 5.41) is 6.98. The molecular formula is C20H23N3O2. The Bertz CT molecular complexity index is 712. The monoisotopic (exact) mass is 337 g/mol. The van der Waals surface area contributed by atoms with E-state index < -0.39 is 0 Å². The molecule has 0 heterocycles. The van der Waals surface area contributed by atoms with Crippen LogP contribution in [-0.4, -0.2) is 17.5 Å². The number of hydrogen-bond donors (Lipinski definition) is 2. The van der Waals surface area contributed by atoms with Crippen LogP contribution in [-0.2, 0) is 9.59 Å². The second-order valence-corrected chi connectivity index (χ2v) is 5.62. The normalized spacial score (nSPS) is 11.0. The van der Waals surface area contributed by atoms with Crippen molar-refractivity contribution in [3.63, 3.8) is 0 Å². The fraction of sp³-hybridized carbons (Fsp3) is 0.250. The van der Waals surface area contributed by atoms with Crippen molar-refractivity contribution in [1.29, 1.82) is 0 Å². The van der Waals surface area contributed by atoms with Crippen LogP contribution >= 0.6 is 0 Å². The summed E-state index contributed by atoms with van der Waals surface area (Å²) < 4.78 is 0. The number of hydrogen-bond acceptors (Lipinski definition) is 3. The summed E-state index contributed by atoms with van der Waals surface area (Å²) in [7, 11) is 0. The minimum Gasteiger partial charge on any atom is -0.326 e. The molecule has 0 unspecified atom stereocenters. The highest BCUT2D eigenvalue weighted by atomic mass is 16.2. The number of para-hydroxylation sites is 1. The summed E-state index contributed by atoms with van der Waals surface area (Å²) in [6.45, 7) is 2.06. The number of hydrazone groups is 1. The maximum atomic E-state index is 11.9. The molecule has 0 aliphatic carbocycles. The lowest BCUT2D eigenvalue weighted by atomic mass is 10.1. The van der Waals surface area contributed by atoms with E-state index in [-0.39, 0.29) is 24.7 Å². The van der Waals surface area contributed by atoms with Gasteiger partial charge in [0.2, 0.25) is 11.8 Å². The standard InChI is InChI=1S/C20H23N3O2/c1-2-9-18(16-10-5-3-6-11-16)22-23-20(25)15-14-19(24)21-17-12-7-4-8-13-17/h3-8,10-13H,2,9,14-15H2,1H3,(H,21,24)(H,23,25)/b22-18+. The maximum absolute atomic E-state index is 11.9. The predicted octanol–water partition coefficient (Wildman–Crippen LogP) is 3.73. The van der Waals surface area contributed by atoms with Gasteiger partial charge in [0.05, 0.1) is 5.71 Å². The molecule has 0 aliphatic heterocycles. The Morgan fingerprint density at radius 2 is 1.44 bits per heavy atom. The highest BCUT2D eigenvalue weighted by molar-refractivity contribution is 6.01. The third-order valence-corrected chi connectivity index (χ3v) is 3.55. The van der Waals surface area contributed by atoms with E-state index in [9.17, 15) is 9.59 Å². The van der Waals surface area contributed by atoms with E-state index in [4.69, 9.17) is 0 Å². The number of nitrogens with one attached hydrogen (secondary N) is 2. The van der Waals surface area contributed by atoms with Crippen molar-refractivity contribution in [2.45, 2.75) is 32.6 Å². The molecule has 0 atom stereocenters. The molecule has 0 aromatic heterocycles. The van der Waals surface area contributed by atoms with Gasteiger partial charge in [0.25, 0.3) is 0 Å². The van der Waals surface area contributed by atoms with Gasteiger partial charge in [0.1, 0.15) is 0 Å². The van der Waals surface area contributed by atoms with Crippen LogP contribution in [0.4, 0.5) is 5.69 Å². The summed E-state index contributed by atoms with van der Waals surface area (Å²) in [6.07, 6.45) is 1.92. The Kier molecular flexibility index (Phi) is 7.38.